The molecule has 8 bridgehead atoms. The van der Waals surface area contributed by atoms with Gasteiger partial charge in [0.05, 0.1) is 15.9 Å². The van der Waals surface area contributed by atoms with Gasteiger partial charge in [0.15, 0.2) is 0 Å². The SMILES string of the molecule is CCCCCCCCCCCC1c2cc3c(cc2O)OP(=S)(c2ccccc2)Oc2cc4c(cc2[C@@H]3CCCCCCCCCCC)C(CCCCCCCCCCC)c2cc3c(cc2OP(=S)(c2ccccc2)O4)OP(=S)(c2ccccc2)Oc2cc(O)c1cc2[C@@H]3CCCCCCCCCCC. The fourth-order valence-electron chi connectivity index (χ4n) is 16.6. The number of benzene rings is 7. The smallest absolute Gasteiger partial charge is 0.319 e. The van der Waals surface area contributed by atoms with Crippen LogP contribution < -0.4 is 43.1 Å². The molecule has 4 aliphatic rings. The molecular formula is C90H121O8P3S3. The van der Waals surface area contributed by atoms with Crippen LogP contribution in [0.3, 0.4) is 0 Å². The van der Waals surface area contributed by atoms with Crippen LogP contribution in [-0.2, 0) is 35.4 Å². The molecule has 2 N–H and O–H groups in total. The lowest BCUT2D eigenvalue weighted by molar-refractivity contribution is 0.430. The largest absolute Gasteiger partial charge is 0.508 e. The molecule has 8 nitrogen and oxygen atoms in total. The summed E-state index contributed by atoms with van der Waals surface area (Å²) in [5, 5.41) is 28.9. The Bertz CT molecular complexity index is 3770. The van der Waals surface area contributed by atoms with Gasteiger partial charge in [0.1, 0.15) is 46.0 Å². The first kappa shape index (κ1) is 79.9. The highest BCUT2D eigenvalue weighted by Crippen LogP contribution is 2.64. The van der Waals surface area contributed by atoms with Crippen LogP contribution in [0.1, 0.15) is 353 Å². The quantitative estimate of drug-likeness (QED) is 0.0283. The predicted octanol–water partition coefficient (Wildman–Crippen LogP) is 27.8. The van der Waals surface area contributed by atoms with Gasteiger partial charge < -0.3 is 37.4 Å². The van der Waals surface area contributed by atoms with Crippen LogP contribution >= 0.6 is 19.5 Å². The lowest BCUT2D eigenvalue weighted by atomic mass is 9.76. The van der Waals surface area contributed by atoms with E-state index in [0.29, 0.717) is 40.9 Å². The van der Waals surface area contributed by atoms with Gasteiger partial charge in [-0.15, -0.1) is 0 Å². The zero-order chi connectivity index (χ0) is 72.6. The molecule has 104 heavy (non-hydrogen) atoms. The van der Waals surface area contributed by atoms with Crippen molar-refractivity contribution in [3.63, 3.8) is 0 Å². The second-order valence-electron chi connectivity index (χ2n) is 30.5. The highest BCUT2D eigenvalue weighted by Gasteiger charge is 2.43. The van der Waals surface area contributed by atoms with Crippen molar-refractivity contribution in [2.45, 2.75) is 308 Å². The van der Waals surface area contributed by atoms with Gasteiger partial charge in [0, 0.05) is 92.4 Å². The van der Waals surface area contributed by atoms with Crippen molar-refractivity contribution in [2.75, 3.05) is 0 Å². The molecule has 7 atom stereocenters. The van der Waals surface area contributed by atoms with Crippen molar-refractivity contribution in [2.24, 2.45) is 0 Å². The van der Waals surface area contributed by atoms with E-state index in [-0.39, 0.29) is 29.3 Å². The number of fused-ring (bicyclic) bond motifs is 2. The Morgan fingerprint density at radius 3 is 0.644 bits per heavy atom. The summed E-state index contributed by atoms with van der Waals surface area (Å²) in [6.45, 7) is -1.44. The van der Waals surface area contributed by atoms with E-state index in [4.69, 9.17) is 62.6 Å². The normalized spacial score (nSPS) is 20.5. The molecule has 7 aromatic carbocycles. The summed E-state index contributed by atoms with van der Waals surface area (Å²) in [4.78, 5) is 0. The number of hydrogen-bond donors (Lipinski definition) is 2. The molecule has 0 amide bonds. The molecule has 7 aromatic rings. The third-order valence-electron chi connectivity index (χ3n) is 22.5. The minimum absolute atomic E-state index is 0.103. The molecular weight excluding hydrogens is 1400 g/mol. The molecule has 562 valence electrons. The maximum Gasteiger partial charge on any atom is 0.319 e. The molecule has 5 unspecified atom stereocenters. The van der Waals surface area contributed by atoms with Crippen molar-refractivity contribution in [1.29, 1.82) is 0 Å². The average Bonchev–Trinajstić information content (AvgIpc) is 0.726. The zero-order valence-corrected chi connectivity index (χ0v) is 68.4. The van der Waals surface area contributed by atoms with Crippen LogP contribution in [0.25, 0.3) is 0 Å². The maximum atomic E-state index is 13.3. The zero-order valence-electron chi connectivity index (χ0n) is 63.3. The lowest BCUT2D eigenvalue weighted by Gasteiger charge is -2.38. The monoisotopic (exact) mass is 1520 g/mol. The number of phenolic OH excluding ortho intramolecular Hbond substituents is 2. The van der Waals surface area contributed by atoms with Crippen molar-refractivity contribution < 1.29 is 37.4 Å². The summed E-state index contributed by atoms with van der Waals surface area (Å²) < 4.78 is 45.7. The first-order valence-electron chi connectivity index (χ1n) is 41.1. The number of unbranched alkanes of at least 4 members (excludes halogenated alkanes) is 32. The third kappa shape index (κ3) is 20.8. The summed E-state index contributed by atoms with van der Waals surface area (Å²) in [6, 6.07) is 47.5. The van der Waals surface area contributed by atoms with E-state index >= 15 is 0 Å². The summed E-state index contributed by atoms with van der Waals surface area (Å²) in [5.41, 5.74) is 7.54. The van der Waals surface area contributed by atoms with E-state index in [0.717, 1.165) is 157 Å². The van der Waals surface area contributed by atoms with Crippen LogP contribution in [0.4, 0.5) is 0 Å². The van der Waals surface area contributed by atoms with Crippen molar-refractivity contribution >= 4 is 70.8 Å². The van der Waals surface area contributed by atoms with Gasteiger partial charge >= 0.3 is 19.5 Å². The minimum atomic E-state index is -3.55. The molecule has 3 heterocycles. The van der Waals surface area contributed by atoms with Crippen LogP contribution in [0, 0.1) is 0 Å². The molecule has 0 saturated carbocycles. The fraction of sp³-hybridized carbons (Fsp3) is 0.533. The van der Waals surface area contributed by atoms with E-state index in [1.165, 1.54) is 154 Å². The van der Waals surface area contributed by atoms with Crippen LogP contribution in [-0.4, -0.2) is 10.2 Å². The molecule has 1 aliphatic carbocycles. The summed E-state index contributed by atoms with van der Waals surface area (Å²) in [5.74, 6) is 2.49. The van der Waals surface area contributed by atoms with Gasteiger partial charge in [-0.3, -0.25) is 0 Å². The summed E-state index contributed by atoms with van der Waals surface area (Å²) >= 11 is 20.9. The predicted molar refractivity (Wildman–Crippen MR) is 449 cm³/mol. The first-order valence-corrected chi connectivity index (χ1v) is 49.0. The molecule has 0 fully saturated rings. The maximum absolute atomic E-state index is 13.3. The lowest BCUT2D eigenvalue weighted by Crippen LogP contribution is -2.23. The Labute approximate surface area is 641 Å². The summed E-state index contributed by atoms with van der Waals surface area (Å²) in [7, 11) is 0. The van der Waals surface area contributed by atoms with Gasteiger partial charge in [-0.2, -0.15) is 0 Å². The van der Waals surface area contributed by atoms with E-state index in [1.54, 1.807) is 0 Å². The van der Waals surface area contributed by atoms with Gasteiger partial charge in [-0.25, -0.2) is 0 Å². The topological polar surface area (TPSA) is 95.8 Å². The van der Waals surface area contributed by atoms with Gasteiger partial charge in [0.2, 0.25) is 0 Å². The second-order valence-corrected chi connectivity index (χ2v) is 40.4. The Hall–Kier alpha value is -5.11. The Kier molecular flexibility index (Phi) is 31.0. The van der Waals surface area contributed by atoms with E-state index < -0.39 is 25.4 Å². The van der Waals surface area contributed by atoms with Gasteiger partial charge in [-0.1, -0.05) is 313 Å². The second kappa shape index (κ2) is 40.4. The number of hydrogen-bond acceptors (Lipinski definition) is 11. The van der Waals surface area contributed by atoms with Crippen LogP contribution in [0.5, 0.6) is 46.0 Å². The van der Waals surface area contributed by atoms with E-state index in [9.17, 15) is 10.2 Å². The molecule has 0 radical (unpaired) electrons. The fourth-order valence-corrected chi connectivity index (χ4v) is 24.0. The van der Waals surface area contributed by atoms with E-state index in [1.807, 2.05) is 103 Å². The van der Waals surface area contributed by atoms with E-state index in [2.05, 4.69) is 64.1 Å². The molecule has 0 aromatic heterocycles. The van der Waals surface area contributed by atoms with Crippen LogP contribution in [0.2, 0.25) is 0 Å². The molecule has 0 saturated heterocycles. The number of aromatic hydroxyl groups is 2. The van der Waals surface area contributed by atoms with Crippen molar-refractivity contribution in [3.05, 3.63) is 184 Å². The molecule has 14 heteroatoms. The molecule has 0 spiro atoms. The minimum Gasteiger partial charge on any atom is -0.508 e. The molecule has 3 aliphatic heterocycles. The van der Waals surface area contributed by atoms with Crippen molar-refractivity contribution in [3.8, 4) is 46.0 Å². The Morgan fingerprint density at radius 1 is 0.240 bits per heavy atom. The highest BCUT2D eigenvalue weighted by atomic mass is 32.5. The highest BCUT2D eigenvalue weighted by molar-refractivity contribution is 8.14. The Morgan fingerprint density at radius 2 is 0.423 bits per heavy atom. The van der Waals surface area contributed by atoms with Crippen molar-refractivity contribution in [1.82, 2.24) is 0 Å². The first-order chi connectivity index (χ1) is 50.9. The summed E-state index contributed by atoms with van der Waals surface area (Å²) in [6.07, 6.45) is 45.8. The standard InChI is InChI=1S/C90H121O8P3S3/c1-5-9-13-17-21-25-29-33-46-56-71-75-60-77-72(57-47-34-30-26-22-18-14-10-6-2)79-62-81-74(59-49-36-32-28-24-20-16-12-8-4)82-63-80-73(58-48-35-31-27-23-19-15-11-7-3)78-61-76(71)84(92)65-86(78)94-100(103,69-52-42-38-43-53-69)96-88(80)67-90(82)98-101(104,70-54-44-39-45-55-70)97-89(81)66-87(79)95-99(102,68-50-40-37-41-51-68)93-85(77)64-83(75)91/h37-45,50-55,60-67,71-74,91-92H,5-36,46-49,56-59H2,1-4H3/t71?,72-,73+,74?,99?,100?,101?. The number of phenols is 2. The third-order valence-corrected chi connectivity index (χ3v) is 31.2. The van der Waals surface area contributed by atoms with Gasteiger partial charge in [0.25, 0.3) is 0 Å². The Balaban J connectivity index is 1.18. The number of rotatable bonds is 43. The average molecular weight is 1520 g/mol. The molecule has 11 rings (SSSR count). The van der Waals surface area contributed by atoms with Gasteiger partial charge in [-0.05, 0) is 122 Å². The van der Waals surface area contributed by atoms with Crippen LogP contribution in [0.15, 0.2) is 140 Å².